The summed E-state index contributed by atoms with van der Waals surface area (Å²) in [5, 5.41) is 7.48. The summed E-state index contributed by atoms with van der Waals surface area (Å²) >= 11 is 0. The maximum Gasteiger partial charge on any atom is 0.317 e. The van der Waals surface area contributed by atoms with Gasteiger partial charge in [0.05, 0.1) is 12.2 Å². The van der Waals surface area contributed by atoms with Gasteiger partial charge in [-0.25, -0.2) is 9.78 Å². The first-order chi connectivity index (χ1) is 11.7. The van der Waals surface area contributed by atoms with Gasteiger partial charge in [-0.05, 0) is 31.7 Å². The number of amides is 2. The fraction of sp³-hybridized carbons (Fsp3) is 0.588. The van der Waals surface area contributed by atoms with Crippen molar-refractivity contribution in [2.24, 2.45) is 0 Å². The average Bonchev–Trinajstić information content (AvgIpc) is 3.31. The highest BCUT2D eigenvalue weighted by Gasteiger charge is 2.29. The molecule has 7 nitrogen and oxygen atoms in total. The van der Waals surface area contributed by atoms with Crippen LogP contribution in [-0.2, 0) is 6.54 Å². The summed E-state index contributed by atoms with van der Waals surface area (Å²) < 4.78 is 4.19. The minimum atomic E-state index is 0.0325. The molecule has 7 heteroatoms. The molecule has 2 aromatic rings. The van der Waals surface area contributed by atoms with Crippen LogP contribution in [0.4, 0.5) is 4.79 Å². The molecule has 2 aliphatic rings. The van der Waals surface area contributed by atoms with Crippen molar-refractivity contribution in [3.8, 4) is 0 Å². The predicted molar refractivity (Wildman–Crippen MR) is 89.8 cm³/mol. The van der Waals surface area contributed by atoms with E-state index in [1.807, 2.05) is 41.3 Å². The fourth-order valence-corrected chi connectivity index (χ4v) is 3.80. The highest BCUT2D eigenvalue weighted by atomic mass is 16.2. The van der Waals surface area contributed by atoms with Crippen LogP contribution in [0.2, 0.25) is 0 Å². The van der Waals surface area contributed by atoms with Gasteiger partial charge in [0.15, 0.2) is 0 Å². The van der Waals surface area contributed by atoms with Crippen LogP contribution < -0.4 is 5.32 Å². The molecular formula is C17H24N6O. The summed E-state index contributed by atoms with van der Waals surface area (Å²) in [6.07, 6.45) is 11.0. The number of carbonyl (C=O) groups excluding carboxylic acids is 1. The van der Waals surface area contributed by atoms with Crippen molar-refractivity contribution in [2.45, 2.75) is 44.7 Å². The second-order valence-corrected chi connectivity index (χ2v) is 6.89. The summed E-state index contributed by atoms with van der Waals surface area (Å²) in [5.74, 6) is 1.43. The minimum Gasteiger partial charge on any atom is -0.337 e. The molecule has 2 aliphatic heterocycles. The van der Waals surface area contributed by atoms with Crippen LogP contribution in [-0.4, -0.2) is 49.9 Å². The number of likely N-dealkylation sites (tertiary alicyclic amines) is 1. The third-order valence-corrected chi connectivity index (χ3v) is 5.12. The van der Waals surface area contributed by atoms with E-state index in [4.69, 9.17) is 0 Å². The van der Waals surface area contributed by atoms with Crippen molar-refractivity contribution in [1.82, 2.24) is 29.5 Å². The van der Waals surface area contributed by atoms with Crippen molar-refractivity contribution in [1.29, 1.82) is 0 Å². The lowest BCUT2D eigenvalue weighted by Crippen LogP contribution is -2.41. The number of aromatic nitrogens is 4. The molecule has 2 unspecified atom stereocenters. The van der Waals surface area contributed by atoms with Crippen LogP contribution >= 0.6 is 0 Å². The third kappa shape index (κ3) is 2.90. The number of fused-ring (bicyclic) bond motifs is 1. The van der Waals surface area contributed by atoms with Crippen molar-refractivity contribution in [3.05, 3.63) is 36.2 Å². The van der Waals surface area contributed by atoms with Crippen molar-refractivity contribution < 1.29 is 4.79 Å². The van der Waals surface area contributed by atoms with E-state index < -0.39 is 0 Å². The Morgan fingerprint density at radius 1 is 1.38 bits per heavy atom. The number of rotatable bonds is 3. The molecular weight excluding hydrogens is 304 g/mol. The molecule has 1 fully saturated rings. The molecule has 4 rings (SSSR count). The van der Waals surface area contributed by atoms with E-state index in [2.05, 4.69) is 20.0 Å². The Morgan fingerprint density at radius 3 is 3.12 bits per heavy atom. The summed E-state index contributed by atoms with van der Waals surface area (Å²) in [7, 11) is 0. The monoisotopic (exact) mass is 328 g/mol. The SMILES string of the molecule is Cc1cnn(C2CCN(C(=O)NCC3CCCn4ccnc43)C2)c1. The number of hydrogen-bond donors (Lipinski definition) is 1. The van der Waals surface area contributed by atoms with E-state index >= 15 is 0 Å². The van der Waals surface area contributed by atoms with Crippen LogP contribution in [0.3, 0.4) is 0 Å². The van der Waals surface area contributed by atoms with Crippen LogP contribution in [0.25, 0.3) is 0 Å². The Kier molecular flexibility index (Phi) is 4.00. The van der Waals surface area contributed by atoms with Gasteiger partial charge < -0.3 is 14.8 Å². The summed E-state index contributed by atoms with van der Waals surface area (Å²) in [6.45, 7) is 5.26. The number of carbonyl (C=O) groups is 1. The molecule has 0 aliphatic carbocycles. The van der Waals surface area contributed by atoms with Gasteiger partial charge >= 0.3 is 6.03 Å². The van der Waals surface area contributed by atoms with Crippen LogP contribution in [0.5, 0.6) is 0 Å². The van der Waals surface area contributed by atoms with Gasteiger partial charge in [-0.15, -0.1) is 0 Å². The lowest BCUT2D eigenvalue weighted by molar-refractivity contribution is 0.205. The number of imidazole rings is 1. The summed E-state index contributed by atoms with van der Waals surface area (Å²) in [4.78, 5) is 18.8. The zero-order chi connectivity index (χ0) is 16.5. The van der Waals surface area contributed by atoms with Gasteiger partial charge in [0.25, 0.3) is 0 Å². The smallest absolute Gasteiger partial charge is 0.317 e. The molecule has 4 heterocycles. The van der Waals surface area contributed by atoms with E-state index in [1.165, 1.54) is 0 Å². The molecule has 2 atom stereocenters. The topological polar surface area (TPSA) is 68.0 Å². The summed E-state index contributed by atoms with van der Waals surface area (Å²) in [6, 6.07) is 0.322. The average molecular weight is 328 g/mol. The quantitative estimate of drug-likeness (QED) is 0.936. The van der Waals surface area contributed by atoms with Gasteiger partial charge in [-0.3, -0.25) is 4.68 Å². The third-order valence-electron chi connectivity index (χ3n) is 5.12. The standard InChI is InChI=1S/C17H24N6O/c1-13-9-20-23(11-13)15-4-7-22(12-15)17(24)19-10-14-3-2-6-21-8-5-18-16(14)21/h5,8-9,11,14-15H,2-4,6-7,10,12H2,1H3,(H,19,24). The number of nitrogens with one attached hydrogen (secondary N) is 1. The molecule has 2 amide bonds. The predicted octanol–water partition coefficient (Wildman–Crippen LogP) is 1.92. The maximum absolute atomic E-state index is 12.5. The van der Waals surface area contributed by atoms with E-state index in [-0.39, 0.29) is 12.1 Å². The molecule has 0 aromatic carbocycles. The fourth-order valence-electron chi connectivity index (χ4n) is 3.80. The Balaban J connectivity index is 1.32. The first-order valence-corrected chi connectivity index (χ1v) is 8.75. The second-order valence-electron chi connectivity index (χ2n) is 6.89. The zero-order valence-electron chi connectivity index (χ0n) is 14.1. The number of urea groups is 1. The number of nitrogens with zero attached hydrogens (tertiary/aromatic N) is 5. The van der Waals surface area contributed by atoms with Crippen LogP contribution in [0, 0.1) is 6.92 Å². The minimum absolute atomic E-state index is 0.0325. The van der Waals surface area contributed by atoms with Crippen molar-refractivity contribution in [2.75, 3.05) is 19.6 Å². The normalized spacial score (nSPS) is 23.3. The highest BCUT2D eigenvalue weighted by Crippen LogP contribution is 2.25. The van der Waals surface area contributed by atoms with Gasteiger partial charge in [0.2, 0.25) is 0 Å². The van der Waals surface area contributed by atoms with E-state index in [1.54, 1.807) is 0 Å². The first-order valence-electron chi connectivity index (χ1n) is 8.75. The molecule has 1 N–H and O–H groups in total. The first kappa shape index (κ1) is 15.2. The van der Waals surface area contributed by atoms with E-state index in [0.717, 1.165) is 50.3 Å². The van der Waals surface area contributed by atoms with E-state index in [9.17, 15) is 4.79 Å². The van der Waals surface area contributed by atoms with Crippen LogP contribution in [0.1, 0.15) is 42.6 Å². The maximum atomic E-state index is 12.5. The van der Waals surface area contributed by atoms with Crippen LogP contribution in [0.15, 0.2) is 24.8 Å². The Hall–Kier alpha value is -2.31. The van der Waals surface area contributed by atoms with Gasteiger partial charge in [-0.2, -0.15) is 5.10 Å². The molecule has 0 radical (unpaired) electrons. The molecule has 128 valence electrons. The Bertz CT molecular complexity index is 720. The summed E-state index contributed by atoms with van der Waals surface area (Å²) in [5.41, 5.74) is 1.16. The lowest BCUT2D eigenvalue weighted by Gasteiger charge is -2.25. The molecule has 2 aromatic heterocycles. The number of aryl methyl sites for hydroxylation is 2. The van der Waals surface area contributed by atoms with Gasteiger partial charge in [-0.1, -0.05) is 0 Å². The van der Waals surface area contributed by atoms with E-state index in [0.29, 0.717) is 12.5 Å². The Labute approximate surface area is 141 Å². The van der Waals surface area contributed by atoms with Crippen molar-refractivity contribution >= 4 is 6.03 Å². The highest BCUT2D eigenvalue weighted by molar-refractivity contribution is 5.74. The zero-order valence-corrected chi connectivity index (χ0v) is 14.1. The Morgan fingerprint density at radius 2 is 2.29 bits per heavy atom. The van der Waals surface area contributed by atoms with Gasteiger partial charge in [0.1, 0.15) is 5.82 Å². The largest absolute Gasteiger partial charge is 0.337 e. The molecule has 0 saturated carbocycles. The number of hydrogen-bond acceptors (Lipinski definition) is 3. The second kappa shape index (κ2) is 6.30. The molecule has 0 spiro atoms. The molecule has 0 bridgehead atoms. The lowest BCUT2D eigenvalue weighted by atomic mass is 9.99. The van der Waals surface area contributed by atoms with Crippen molar-refractivity contribution in [3.63, 3.8) is 0 Å². The molecule has 24 heavy (non-hydrogen) atoms. The van der Waals surface area contributed by atoms with Gasteiger partial charge in [0, 0.05) is 50.7 Å². The molecule has 1 saturated heterocycles.